The zero-order chi connectivity index (χ0) is 15.9. The van der Waals surface area contributed by atoms with Gasteiger partial charge in [0.1, 0.15) is 11.3 Å². The zero-order valence-electron chi connectivity index (χ0n) is 11.6. The normalized spacial score (nSPS) is 11.6. The molecule has 0 spiro atoms. The predicted molar refractivity (Wildman–Crippen MR) is 78.3 cm³/mol. The Hall–Kier alpha value is -2.74. The third-order valence-electron chi connectivity index (χ3n) is 3.43. The number of fused-ring (bicyclic) bond motifs is 1. The summed E-state index contributed by atoms with van der Waals surface area (Å²) in [6.45, 7) is 1.89. The number of nitrogens with zero attached hydrogens (tertiary/aromatic N) is 2. The maximum atomic E-state index is 12.6. The van der Waals surface area contributed by atoms with E-state index in [0.29, 0.717) is 11.3 Å². The van der Waals surface area contributed by atoms with Crippen LogP contribution in [0.4, 0.5) is 13.2 Å². The zero-order valence-corrected chi connectivity index (χ0v) is 11.6. The van der Waals surface area contributed by atoms with Crippen molar-refractivity contribution in [3.8, 4) is 23.5 Å². The number of pyridine rings is 1. The van der Waals surface area contributed by atoms with Gasteiger partial charge in [0.05, 0.1) is 5.56 Å². The molecule has 0 N–H and O–H groups in total. The Balaban J connectivity index is 2.08. The largest absolute Gasteiger partial charge is 0.416 e. The summed E-state index contributed by atoms with van der Waals surface area (Å²) in [4.78, 5) is 4.29. The van der Waals surface area contributed by atoms with Gasteiger partial charge in [0.25, 0.3) is 0 Å². The summed E-state index contributed by atoms with van der Waals surface area (Å²) in [5, 5.41) is 0. The van der Waals surface area contributed by atoms with Crippen LogP contribution in [-0.2, 0) is 6.18 Å². The van der Waals surface area contributed by atoms with Gasteiger partial charge in [-0.3, -0.25) is 0 Å². The van der Waals surface area contributed by atoms with E-state index in [1.54, 1.807) is 16.8 Å². The molecule has 0 bridgehead atoms. The second kappa shape index (κ2) is 4.92. The smallest absolute Gasteiger partial charge is 0.305 e. The van der Waals surface area contributed by atoms with Crippen LogP contribution >= 0.6 is 0 Å². The Morgan fingerprint density at radius 1 is 1.09 bits per heavy atom. The first kappa shape index (κ1) is 14.2. The average molecular weight is 300 g/mol. The van der Waals surface area contributed by atoms with Crippen molar-refractivity contribution in [2.24, 2.45) is 0 Å². The van der Waals surface area contributed by atoms with Gasteiger partial charge in [0.2, 0.25) is 0 Å². The van der Waals surface area contributed by atoms with Gasteiger partial charge >= 0.3 is 6.18 Å². The molecule has 0 fully saturated rings. The van der Waals surface area contributed by atoms with E-state index >= 15 is 0 Å². The topological polar surface area (TPSA) is 17.3 Å². The first-order valence-corrected chi connectivity index (χ1v) is 6.52. The van der Waals surface area contributed by atoms with E-state index < -0.39 is 11.7 Å². The van der Waals surface area contributed by atoms with E-state index in [2.05, 4.69) is 10.9 Å². The summed E-state index contributed by atoms with van der Waals surface area (Å²) in [7, 11) is 0. The van der Waals surface area contributed by atoms with E-state index in [9.17, 15) is 13.2 Å². The van der Waals surface area contributed by atoms with Crippen molar-refractivity contribution in [2.75, 3.05) is 0 Å². The maximum absolute atomic E-state index is 12.6. The molecular weight excluding hydrogens is 289 g/mol. The maximum Gasteiger partial charge on any atom is 0.416 e. The van der Waals surface area contributed by atoms with Gasteiger partial charge in [-0.2, -0.15) is 13.2 Å². The third kappa shape index (κ3) is 2.44. The summed E-state index contributed by atoms with van der Waals surface area (Å²) in [5.74, 6) is 2.47. The van der Waals surface area contributed by atoms with Crippen molar-refractivity contribution < 1.29 is 13.2 Å². The molecule has 0 aliphatic rings. The van der Waals surface area contributed by atoms with Crippen LogP contribution < -0.4 is 0 Å². The summed E-state index contributed by atoms with van der Waals surface area (Å²) >= 11 is 0. The van der Waals surface area contributed by atoms with Crippen LogP contribution in [0.1, 0.15) is 16.8 Å². The molecule has 0 unspecified atom stereocenters. The molecule has 22 heavy (non-hydrogen) atoms. The quantitative estimate of drug-likeness (QED) is 0.612. The highest BCUT2D eigenvalue weighted by Crippen LogP contribution is 2.31. The van der Waals surface area contributed by atoms with Gasteiger partial charge < -0.3 is 4.40 Å². The second-order valence-corrected chi connectivity index (χ2v) is 4.99. The lowest BCUT2D eigenvalue weighted by atomic mass is 10.0. The minimum atomic E-state index is -4.33. The fourth-order valence-corrected chi connectivity index (χ4v) is 2.35. The Morgan fingerprint density at radius 2 is 1.77 bits per heavy atom. The number of terminal acetylenes is 1. The second-order valence-electron chi connectivity index (χ2n) is 4.99. The number of aromatic nitrogens is 2. The molecule has 110 valence electrons. The lowest BCUT2D eigenvalue weighted by molar-refractivity contribution is -0.137. The number of halogens is 3. The summed E-state index contributed by atoms with van der Waals surface area (Å²) < 4.78 is 39.6. The van der Waals surface area contributed by atoms with Crippen LogP contribution in [0, 0.1) is 19.3 Å². The van der Waals surface area contributed by atoms with E-state index in [1.165, 1.54) is 12.1 Å². The molecule has 2 heterocycles. The molecule has 2 nitrogen and oxygen atoms in total. The monoisotopic (exact) mass is 300 g/mol. The van der Waals surface area contributed by atoms with E-state index in [1.807, 2.05) is 13.0 Å². The van der Waals surface area contributed by atoms with Crippen molar-refractivity contribution in [1.82, 2.24) is 9.38 Å². The molecule has 0 atom stereocenters. The molecule has 0 saturated carbocycles. The van der Waals surface area contributed by atoms with Crippen molar-refractivity contribution in [1.29, 1.82) is 0 Å². The van der Waals surface area contributed by atoms with Crippen LogP contribution in [0.25, 0.3) is 16.8 Å². The summed E-state index contributed by atoms with van der Waals surface area (Å²) in [6, 6.07) is 6.96. The molecule has 3 aromatic rings. The van der Waals surface area contributed by atoms with Gasteiger partial charge in [0, 0.05) is 12.4 Å². The summed E-state index contributed by atoms with van der Waals surface area (Å²) in [5.41, 5.74) is 3.01. The van der Waals surface area contributed by atoms with Crippen LogP contribution in [0.5, 0.6) is 0 Å². The predicted octanol–water partition coefficient (Wildman–Crippen LogP) is 4.31. The Labute approximate surface area is 125 Å². The fraction of sp³-hybridized carbons (Fsp3) is 0.118. The van der Waals surface area contributed by atoms with Crippen molar-refractivity contribution in [3.63, 3.8) is 0 Å². The summed E-state index contributed by atoms with van der Waals surface area (Å²) in [6.07, 6.45) is 4.53. The minimum absolute atomic E-state index is 0.521. The highest BCUT2D eigenvalue weighted by atomic mass is 19.4. The third-order valence-corrected chi connectivity index (χ3v) is 3.43. The van der Waals surface area contributed by atoms with Crippen molar-refractivity contribution in [3.05, 3.63) is 59.5 Å². The number of alkyl halides is 3. The van der Waals surface area contributed by atoms with Crippen LogP contribution in [0.15, 0.2) is 42.7 Å². The number of hydrogen-bond donors (Lipinski definition) is 0. The Bertz CT molecular complexity index is 881. The van der Waals surface area contributed by atoms with Gasteiger partial charge in [-0.15, -0.1) is 6.42 Å². The van der Waals surface area contributed by atoms with Crippen LogP contribution in [0.2, 0.25) is 0 Å². The molecule has 1 aromatic carbocycles. The number of hydrogen-bond acceptors (Lipinski definition) is 1. The molecule has 2 aromatic heterocycles. The SMILES string of the molecule is C#Cc1cn2cc(-c3ccc(C(F)(F)F)cc3)cc(C)c2n1. The fourth-order valence-electron chi connectivity index (χ4n) is 2.35. The van der Waals surface area contributed by atoms with Gasteiger partial charge in [-0.25, -0.2) is 4.98 Å². The van der Waals surface area contributed by atoms with Crippen molar-refractivity contribution in [2.45, 2.75) is 13.1 Å². The highest BCUT2D eigenvalue weighted by Gasteiger charge is 2.29. The number of rotatable bonds is 1. The average Bonchev–Trinajstić information content (AvgIpc) is 2.90. The number of imidazole rings is 1. The van der Waals surface area contributed by atoms with E-state index in [4.69, 9.17) is 6.42 Å². The molecule has 0 saturated heterocycles. The van der Waals surface area contributed by atoms with Gasteiger partial charge in [0.15, 0.2) is 0 Å². The van der Waals surface area contributed by atoms with Gasteiger partial charge in [-0.05, 0) is 47.7 Å². The first-order chi connectivity index (χ1) is 10.4. The van der Waals surface area contributed by atoms with Crippen molar-refractivity contribution >= 4 is 5.65 Å². The van der Waals surface area contributed by atoms with E-state index in [-0.39, 0.29) is 0 Å². The molecule has 3 rings (SSSR count). The Kier molecular flexibility index (Phi) is 3.18. The van der Waals surface area contributed by atoms with E-state index in [0.717, 1.165) is 28.9 Å². The molecule has 5 heteroatoms. The highest BCUT2D eigenvalue weighted by molar-refractivity contribution is 5.67. The lowest BCUT2D eigenvalue weighted by Gasteiger charge is -2.09. The lowest BCUT2D eigenvalue weighted by Crippen LogP contribution is -2.04. The van der Waals surface area contributed by atoms with Gasteiger partial charge in [-0.1, -0.05) is 12.1 Å². The number of aryl methyl sites for hydroxylation is 1. The molecular formula is C17H11F3N2. The first-order valence-electron chi connectivity index (χ1n) is 6.52. The molecule has 0 radical (unpaired) electrons. The molecule has 0 aliphatic carbocycles. The molecule has 0 amide bonds. The van der Waals surface area contributed by atoms with Crippen LogP contribution in [0.3, 0.4) is 0 Å². The Morgan fingerprint density at radius 3 is 2.36 bits per heavy atom. The number of benzene rings is 1. The van der Waals surface area contributed by atoms with Crippen LogP contribution in [-0.4, -0.2) is 9.38 Å². The standard InChI is InChI=1S/C17H11F3N2/c1-3-15-10-22-9-13(8-11(2)16(22)21-15)12-4-6-14(7-5-12)17(18,19)20/h1,4-10H,2H3. The molecule has 0 aliphatic heterocycles. The minimum Gasteiger partial charge on any atom is -0.305 e.